The number of benzene rings is 1. The molecule has 0 bridgehead atoms. The monoisotopic (exact) mass is 217 g/mol. The van der Waals surface area contributed by atoms with E-state index in [0.717, 1.165) is 6.07 Å². The molecule has 5 heteroatoms. The van der Waals surface area contributed by atoms with Crippen molar-refractivity contribution in [2.24, 2.45) is 0 Å². The Hall–Kier alpha value is -2.30. The number of hydrogen-bond donors (Lipinski definition) is 1. The lowest BCUT2D eigenvalue weighted by molar-refractivity contribution is 0.102. The van der Waals surface area contributed by atoms with Crippen molar-refractivity contribution >= 4 is 11.7 Å². The molecule has 0 atom stereocenters. The highest BCUT2D eigenvalue weighted by molar-refractivity contribution is 6.03. The van der Waals surface area contributed by atoms with E-state index in [4.69, 9.17) is 0 Å². The molecule has 1 amide bonds. The quantitative estimate of drug-likeness (QED) is 0.835. The molecule has 0 saturated carbocycles. The highest BCUT2D eigenvalue weighted by atomic mass is 19.1. The van der Waals surface area contributed by atoms with Gasteiger partial charge in [-0.3, -0.25) is 9.78 Å². The zero-order valence-electron chi connectivity index (χ0n) is 8.22. The zero-order valence-corrected chi connectivity index (χ0v) is 8.22. The smallest absolute Gasteiger partial charge is 0.256 e. The number of nitrogens with one attached hydrogen (secondary N) is 1. The third-order valence-corrected chi connectivity index (χ3v) is 1.89. The molecule has 0 unspecified atom stereocenters. The summed E-state index contributed by atoms with van der Waals surface area (Å²) in [7, 11) is 0. The fourth-order valence-corrected chi connectivity index (χ4v) is 1.18. The Morgan fingerprint density at radius 2 is 2.19 bits per heavy atom. The maximum Gasteiger partial charge on any atom is 0.256 e. The minimum absolute atomic E-state index is 0.241. The van der Waals surface area contributed by atoms with Gasteiger partial charge in [-0.25, -0.2) is 9.37 Å². The summed E-state index contributed by atoms with van der Waals surface area (Å²) < 4.78 is 12.9. The largest absolute Gasteiger partial charge is 0.305 e. The van der Waals surface area contributed by atoms with Crippen LogP contribution in [0.25, 0.3) is 0 Å². The molecule has 0 fully saturated rings. The highest BCUT2D eigenvalue weighted by Crippen LogP contribution is 2.06. The van der Waals surface area contributed by atoms with E-state index in [1.54, 1.807) is 0 Å². The zero-order chi connectivity index (χ0) is 11.4. The van der Waals surface area contributed by atoms with Gasteiger partial charge in [0.1, 0.15) is 5.82 Å². The van der Waals surface area contributed by atoms with Crippen LogP contribution in [0.5, 0.6) is 0 Å². The van der Waals surface area contributed by atoms with Crippen LogP contribution in [0, 0.1) is 5.82 Å². The van der Waals surface area contributed by atoms with Gasteiger partial charge in [-0.2, -0.15) is 0 Å². The molecular weight excluding hydrogens is 209 g/mol. The normalized spacial score (nSPS) is 9.81. The molecule has 1 N–H and O–H groups in total. The van der Waals surface area contributed by atoms with E-state index in [9.17, 15) is 9.18 Å². The number of carbonyl (C=O) groups excluding carboxylic acids is 1. The number of aromatic nitrogens is 2. The number of nitrogens with zero attached hydrogens (tertiary/aromatic N) is 2. The molecule has 1 aromatic heterocycles. The fourth-order valence-electron chi connectivity index (χ4n) is 1.18. The van der Waals surface area contributed by atoms with E-state index in [1.807, 2.05) is 0 Å². The molecular formula is C11H8FN3O. The molecule has 0 aliphatic heterocycles. The summed E-state index contributed by atoms with van der Waals surface area (Å²) in [5.74, 6) is -0.538. The second-order valence-electron chi connectivity index (χ2n) is 3.06. The molecule has 16 heavy (non-hydrogen) atoms. The van der Waals surface area contributed by atoms with E-state index < -0.39 is 11.7 Å². The van der Waals surface area contributed by atoms with Gasteiger partial charge in [0.25, 0.3) is 5.91 Å². The molecule has 0 radical (unpaired) electrons. The van der Waals surface area contributed by atoms with E-state index in [-0.39, 0.29) is 5.56 Å². The van der Waals surface area contributed by atoms with Crippen molar-refractivity contribution in [2.45, 2.75) is 0 Å². The summed E-state index contributed by atoms with van der Waals surface area (Å²) in [5.41, 5.74) is 0.241. The first-order valence-corrected chi connectivity index (χ1v) is 4.58. The highest BCUT2D eigenvalue weighted by Gasteiger charge is 2.06. The van der Waals surface area contributed by atoms with Gasteiger partial charge >= 0.3 is 0 Å². The lowest BCUT2D eigenvalue weighted by Gasteiger charge is -2.03. The van der Waals surface area contributed by atoms with Crippen molar-refractivity contribution in [2.75, 3.05) is 5.32 Å². The van der Waals surface area contributed by atoms with Crippen molar-refractivity contribution in [1.29, 1.82) is 0 Å². The van der Waals surface area contributed by atoms with Crippen LogP contribution >= 0.6 is 0 Å². The second kappa shape index (κ2) is 4.48. The van der Waals surface area contributed by atoms with Gasteiger partial charge in [0.05, 0.1) is 6.20 Å². The average Bonchev–Trinajstić information content (AvgIpc) is 2.30. The van der Waals surface area contributed by atoms with Crippen molar-refractivity contribution in [3.8, 4) is 0 Å². The third kappa shape index (κ3) is 2.38. The Labute approximate surface area is 91.2 Å². The maximum atomic E-state index is 12.9. The van der Waals surface area contributed by atoms with Crippen LogP contribution in [-0.4, -0.2) is 15.9 Å². The van der Waals surface area contributed by atoms with E-state index in [0.29, 0.717) is 5.82 Å². The summed E-state index contributed by atoms with van der Waals surface area (Å²) in [6.45, 7) is 0. The number of carbonyl (C=O) groups is 1. The third-order valence-electron chi connectivity index (χ3n) is 1.89. The molecule has 80 valence electrons. The van der Waals surface area contributed by atoms with Gasteiger partial charge in [0.2, 0.25) is 0 Å². The molecule has 0 aliphatic carbocycles. The first-order chi connectivity index (χ1) is 7.75. The second-order valence-corrected chi connectivity index (χ2v) is 3.06. The summed E-state index contributed by atoms with van der Waals surface area (Å²) in [6.07, 6.45) is 4.37. The molecule has 1 aromatic carbocycles. The van der Waals surface area contributed by atoms with Crippen LogP contribution < -0.4 is 5.32 Å². The van der Waals surface area contributed by atoms with Crippen LogP contribution in [-0.2, 0) is 0 Å². The lowest BCUT2D eigenvalue weighted by atomic mass is 10.2. The predicted molar refractivity (Wildman–Crippen MR) is 56.4 cm³/mol. The summed E-state index contributed by atoms with van der Waals surface area (Å²) in [5, 5.41) is 2.51. The molecule has 4 nitrogen and oxygen atoms in total. The fraction of sp³-hybridized carbons (Fsp3) is 0. The van der Waals surface area contributed by atoms with Crippen molar-refractivity contribution < 1.29 is 9.18 Å². The average molecular weight is 217 g/mol. The predicted octanol–water partition coefficient (Wildman–Crippen LogP) is 1.87. The first-order valence-electron chi connectivity index (χ1n) is 4.58. The van der Waals surface area contributed by atoms with Crippen molar-refractivity contribution in [3.63, 3.8) is 0 Å². The van der Waals surface area contributed by atoms with E-state index in [2.05, 4.69) is 15.3 Å². The van der Waals surface area contributed by atoms with Gasteiger partial charge < -0.3 is 5.32 Å². The maximum absolute atomic E-state index is 12.9. The molecule has 0 spiro atoms. The number of anilines is 1. The molecule has 2 aromatic rings. The Morgan fingerprint density at radius 1 is 1.31 bits per heavy atom. The lowest BCUT2D eigenvalue weighted by Crippen LogP contribution is -2.13. The number of halogens is 1. The van der Waals surface area contributed by atoms with Crippen molar-refractivity contribution in [3.05, 3.63) is 54.2 Å². The Balaban J connectivity index is 2.15. The van der Waals surface area contributed by atoms with Crippen LogP contribution in [0.3, 0.4) is 0 Å². The van der Waals surface area contributed by atoms with Gasteiger partial charge in [-0.05, 0) is 18.2 Å². The Bertz CT molecular complexity index is 502. The van der Waals surface area contributed by atoms with Crippen LogP contribution in [0.1, 0.15) is 10.4 Å². The van der Waals surface area contributed by atoms with Gasteiger partial charge in [-0.1, -0.05) is 6.07 Å². The molecule has 0 saturated heterocycles. The standard InChI is InChI=1S/C11H8FN3O/c12-9-3-1-2-8(6-9)11(16)15-10-7-13-4-5-14-10/h1-7H,(H,14,15,16). The minimum Gasteiger partial charge on any atom is -0.305 e. The van der Waals surface area contributed by atoms with Gasteiger partial charge in [0, 0.05) is 18.0 Å². The molecule has 2 rings (SSSR count). The molecule has 0 aliphatic rings. The minimum atomic E-state index is -0.452. The van der Waals surface area contributed by atoms with Crippen LogP contribution in [0.4, 0.5) is 10.2 Å². The van der Waals surface area contributed by atoms with Gasteiger partial charge in [0.15, 0.2) is 5.82 Å². The Kier molecular flexibility index (Phi) is 2.86. The number of hydrogen-bond acceptors (Lipinski definition) is 3. The van der Waals surface area contributed by atoms with Crippen LogP contribution in [0.2, 0.25) is 0 Å². The summed E-state index contributed by atoms with van der Waals surface area (Å²) in [4.78, 5) is 19.3. The van der Waals surface area contributed by atoms with Gasteiger partial charge in [-0.15, -0.1) is 0 Å². The topological polar surface area (TPSA) is 54.9 Å². The van der Waals surface area contributed by atoms with E-state index >= 15 is 0 Å². The Morgan fingerprint density at radius 3 is 2.88 bits per heavy atom. The van der Waals surface area contributed by atoms with Crippen molar-refractivity contribution in [1.82, 2.24) is 9.97 Å². The summed E-state index contributed by atoms with van der Waals surface area (Å²) in [6, 6.07) is 5.43. The first kappa shape index (κ1) is 10.2. The van der Waals surface area contributed by atoms with Crippen LogP contribution in [0.15, 0.2) is 42.9 Å². The SMILES string of the molecule is O=C(Nc1cnccn1)c1cccc(F)c1. The number of amides is 1. The number of rotatable bonds is 2. The molecule has 1 heterocycles. The van der Waals surface area contributed by atoms with E-state index in [1.165, 1.54) is 36.8 Å². The summed E-state index contributed by atoms with van der Waals surface area (Å²) >= 11 is 0.